The summed E-state index contributed by atoms with van der Waals surface area (Å²) in [5.74, 6) is -0.0195. The van der Waals surface area contributed by atoms with Crippen molar-refractivity contribution in [3.63, 3.8) is 0 Å². The molecular formula is C12H14N2O2. The molecule has 84 valence electrons. The highest BCUT2D eigenvalue weighted by Crippen LogP contribution is 2.22. The van der Waals surface area contributed by atoms with Crippen molar-refractivity contribution in [3.05, 3.63) is 29.8 Å². The molecule has 0 unspecified atom stereocenters. The van der Waals surface area contributed by atoms with E-state index in [9.17, 15) is 9.59 Å². The summed E-state index contributed by atoms with van der Waals surface area (Å²) in [5, 5.41) is 2.77. The van der Waals surface area contributed by atoms with Crippen LogP contribution in [0.15, 0.2) is 24.3 Å². The van der Waals surface area contributed by atoms with Gasteiger partial charge in [0.25, 0.3) is 0 Å². The fraction of sp³-hybridized carbons (Fsp3) is 0.333. The third-order valence-corrected chi connectivity index (χ3v) is 2.65. The number of nitrogens with zero attached hydrogens (tertiary/aromatic N) is 1. The Bertz CT molecular complexity index is 429. The normalized spacial score (nSPS) is 15.8. The van der Waals surface area contributed by atoms with E-state index in [0.29, 0.717) is 24.3 Å². The second-order valence-corrected chi connectivity index (χ2v) is 3.81. The first kappa shape index (κ1) is 10.7. The molecule has 0 aliphatic carbocycles. The van der Waals surface area contributed by atoms with E-state index in [4.69, 9.17) is 0 Å². The number of benzene rings is 1. The van der Waals surface area contributed by atoms with Crippen molar-refractivity contribution >= 4 is 17.5 Å². The molecule has 1 N–H and O–H groups in total. The number of anilines is 1. The molecule has 16 heavy (non-hydrogen) atoms. The van der Waals surface area contributed by atoms with Gasteiger partial charge in [-0.3, -0.25) is 9.69 Å². The third-order valence-electron chi connectivity index (χ3n) is 2.65. The van der Waals surface area contributed by atoms with Gasteiger partial charge in [0, 0.05) is 18.7 Å². The highest BCUT2D eigenvalue weighted by atomic mass is 16.2. The van der Waals surface area contributed by atoms with Crippen molar-refractivity contribution in [2.45, 2.75) is 13.3 Å². The summed E-state index contributed by atoms with van der Waals surface area (Å²) < 4.78 is 0. The molecule has 0 aromatic heterocycles. The van der Waals surface area contributed by atoms with Gasteiger partial charge in [0.2, 0.25) is 0 Å². The van der Waals surface area contributed by atoms with Crippen molar-refractivity contribution in [2.24, 2.45) is 0 Å². The lowest BCUT2D eigenvalue weighted by molar-refractivity contribution is 0.101. The number of amides is 2. The maximum atomic E-state index is 11.7. The van der Waals surface area contributed by atoms with Crippen molar-refractivity contribution in [2.75, 3.05) is 18.0 Å². The zero-order valence-electron chi connectivity index (χ0n) is 9.19. The summed E-state index contributed by atoms with van der Waals surface area (Å²) in [5.41, 5.74) is 1.30. The van der Waals surface area contributed by atoms with E-state index in [1.54, 1.807) is 11.0 Å². The van der Waals surface area contributed by atoms with Gasteiger partial charge in [0.1, 0.15) is 0 Å². The number of hydrogen-bond acceptors (Lipinski definition) is 2. The first-order valence-corrected chi connectivity index (χ1v) is 5.35. The number of hydrogen-bond donors (Lipinski definition) is 1. The Kier molecular flexibility index (Phi) is 2.90. The van der Waals surface area contributed by atoms with Gasteiger partial charge in [-0.1, -0.05) is 12.1 Å². The second-order valence-electron chi connectivity index (χ2n) is 3.81. The van der Waals surface area contributed by atoms with Crippen LogP contribution >= 0.6 is 0 Å². The number of ketones is 1. The van der Waals surface area contributed by atoms with Crippen LogP contribution in [0, 0.1) is 0 Å². The van der Waals surface area contributed by atoms with E-state index in [1.807, 2.05) is 18.2 Å². The largest absolute Gasteiger partial charge is 0.338 e. The lowest BCUT2D eigenvalue weighted by Crippen LogP contribution is -2.47. The molecule has 1 saturated heterocycles. The molecule has 1 aromatic rings. The van der Waals surface area contributed by atoms with E-state index >= 15 is 0 Å². The number of para-hydroxylation sites is 1. The van der Waals surface area contributed by atoms with Crippen LogP contribution in [0.25, 0.3) is 0 Å². The molecule has 1 aliphatic heterocycles. The summed E-state index contributed by atoms with van der Waals surface area (Å²) in [6.45, 7) is 2.88. The van der Waals surface area contributed by atoms with E-state index in [2.05, 4.69) is 5.32 Å². The molecule has 1 aliphatic rings. The molecular weight excluding hydrogens is 204 g/mol. The number of nitrogens with one attached hydrogen (secondary N) is 1. The Morgan fingerprint density at radius 2 is 2.12 bits per heavy atom. The Balaban J connectivity index is 2.38. The first-order valence-electron chi connectivity index (χ1n) is 5.35. The van der Waals surface area contributed by atoms with Gasteiger partial charge in [-0.25, -0.2) is 4.79 Å². The first-order chi connectivity index (χ1) is 7.70. The quantitative estimate of drug-likeness (QED) is 0.769. The Morgan fingerprint density at radius 3 is 2.81 bits per heavy atom. The molecule has 4 nitrogen and oxygen atoms in total. The Labute approximate surface area is 94.2 Å². The maximum absolute atomic E-state index is 11.7. The molecule has 2 amide bonds. The van der Waals surface area contributed by atoms with E-state index < -0.39 is 0 Å². The molecule has 0 atom stereocenters. The van der Waals surface area contributed by atoms with Gasteiger partial charge in [-0.05, 0) is 25.5 Å². The molecule has 0 spiro atoms. The summed E-state index contributed by atoms with van der Waals surface area (Å²) >= 11 is 0. The van der Waals surface area contributed by atoms with E-state index in [1.165, 1.54) is 6.92 Å². The fourth-order valence-electron chi connectivity index (χ4n) is 1.87. The van der Waals surface area contributed by atoms with Gasteiger partial charge in [0.15, 0.2) is 5.78 Å². The van der Waals surface area contributed by atoms with E-state index in [0.717, 1.165) is 6.42 Å². The summed E-state index contributed by atoms with van der Waals surface area (Å²) in [7, 11) is 0. The number of carbonyl (C=O) groups is 2. The highest BCUT2D eigenvalue weighted by molar-refractivity contribution is 6.04. The van der Waals surface area contributed by atoms with Crippen LogP contribution in [0.2, 0.25) is 0 Å². The van der Waals surface area contributed by atoms with Crippen LogP contribution in [0.4, 0.5) is 10.5 Å². The molecule has 4 heteroatoms. The smallest absolute Gasteiger partial charge is 0.321 e. The monoisotopic (exact) mass is 218 g/mol. The van der Waals surface area contributed by atoms with Gasteiger partial charge in [-0.2, -0.15) is 0 Å². The average molecular weight is 218 g/mol. The number of urea groups is 1. The number of rotatable bonds is 2. The molecule has 1 heterocycles. The predicted octanol–water partition coefficient (Wildman–Crippen LogP) is 1.81. The Morgan fingerprint density at radius 1 is 1.38 bits per heavy atom. The third kappa shape index (κ3) is 1.91. The minimum atomic E-state index is -0.125. The average Bonchev–Trinajstić information content (AvgIpc) is 2.29. The fourth-order valence-corrected chi connectivity index (χ4v) is 1.87. The van der Waals surface area contributed by atoms with Gasteiger partial charge >= 0.3 is 6.03 Å². The molecule has 0 radical (unpaired) electrons. The number of Topliss-reactive ketones (excluding diaryl/α,β-unsaturated/α-hetero) is 1. The summed E-state index contributed by atoms with van der Waals surface area (Å²) in [6.07, 6.45) is 0.901. The topological polar surface area (TPSA) is 49.4 Å². The Hall–Kier alpha value is -1.84. The molecule has 2 rings (SSSR count). The molecule has 1 aromatic carbocycles. The zero-order chi connectivity index (χ0) is 11.5. The number of carbonyl (C=O) groups excluding carboxylic acids is 2. The van der Waals surface area contributed by atoms with Gasteiger partial charge in [0.05, 0.1) is 5.69 Å². The van der Waals surface area contributed by atoms with Crippen LogP contribution in [0.3, 0.4) is 0 Å². The summed E-state index contributed by atoms with van der Waals surface area (Å²) in [6, 6.07) is 7.08. The summed E-state index contributed by atoms with van der Waals surface area (Å²) in [4.78, 5) is 24.8. The van der Waals surface area contributed by atoms with Gasteiger partial charge in [-0.15, -0.1) is 0 Å². The minimum Gasteiger partial charge on any atom is -0.338 e. The van der Waals surface area contributed by atoms with Crippen LogP contribution in [0.1, 0.15) is 23.7 Å². The minimum absolute atomic E-state index is 0.0195. The second kappa shape index (κ2) is 4.35. The van der Waals surface area contributed by atoms with Crippen molar-refractivity contribution in [1.29, 1.82) is 0 Å². The SMILES string of the molecule is CC(=O)c1ccccc1N1CCCNC1=O. The van der Waals surface area contributed by atoms with Crippen LogP contribution in [-0.2, 0) is 0 Å². The lowest BCUT2D eigenvalue weighted by atomic mass is 10.1. The molecule has 0 bridgehead atoms. The van der Waals surface area contributed by atoms with Crippen LogP contribution in [-0.4, -0.2) is 24.9 Å². The van der Waals surface area contributed by atoms with Crippen LogP contribution < -0.4 is 10.2 Å². The van der Waals surface area contributed by atoms with Crippen LogP contribution in [0.5, 0.6) is 0 Å². The van der Waals surface area contributed by atoms with Crippen molar-refractivity contribution < 1.29 is 9.59 Å². The molecule has 1 fully saturated rings. The maximum Gasteiger partial charge on any atom is 0.321 e. The van der Waals surface area contributed by atoms with Crippen molar-refractivity contribution in [3.8, 4) is 0 Å². The predicted molar refractivity (Wildman–Crippen MR) is 61.8 cm³/mol. The lowest BCUT2D eigenvalue weighted by Gasteiger charge is -2.28. The standard InChI is InChI=1S/C12H14N2O2/c1-9(15)10-5-2-3-6-11(10)14-8-4-7-13-12(14)16/h2-3,5-6H,4,7-8H2,1H3,(H,13,16). The highest BCUT2D eigenvalue weighted by Gasteiger charge is 2.22. The van der Waals surface area contributed by atoms with Crippen molar-refractivity contribution in [1.82, 2.24) is 5.32 Å². The zero-order valence-corrected chi connectivity index (χ0v) is 9.19. The molecule has 0 saturated carbocycles. The van der Waals surface area contributed by atoms with E-state index in [-0.39, 0.29) is 11.8 Å². The van der Waals surface area contributed by atoms with Gasteiger partial charge < -0.3 is 5.32 Å².